The average molecular weight is 276 g/mol. The largest absolute Gasteiger partial charge is 0.465 e. The van der Waals surface area contributed by atoms with Crippen molar-refractivity contribution in [3.8, 4) is 0 Å². The number of carbonyl (C=O) groups is 1. The van der Waals surface area contributed by atoms with Gasteiger partial charge in [0, 0.05) is 11.7 Å². The van der Waals surface area contributed by atoms with E-state index in [9.17, 15) is 4.79 Å². The lowest BCUT2D eigenvalue weighted by Crippen LogP contribution is -2.37. The van der Waals surface area contributed by atoms with E-state index in [1.54, 1.807) is 6.07 Å². The number of anilines is 1. The van der Waals surface area contributed by atoms with Gasteiger partial charge < -0.3 is 15.4 Å². The first-order chi connectivity index (χ1) is 9.66. The molecule has 0 saturated carbocycles. The number of esters is 1. The molecule has 4 nitrogen and oxygen atoms in total. The topological polar surface area (TPSA) is 55.6 Å². The van der Waals surface area contributed by atoms with Gasteiger partial charge in [0.2, 0.25) is 0 Å². The van der Waals surface area contributed by atoms with E-state index in [0.29, 0.717) is 18.3 Å². The predicted molar refractivity (Wildman–Crippen MR) is 80.4 cm³/mol. The molecule has 1 fully saturated rings. The fraction of sp³-hybridized carbons (Fsp3) is 0.562. The summed E-state index contributed by atoms with van der Waals surface area (Å²) in [5, 5.41) is 0. The zero-order chi connectivity index (χ0) is 14.4. The second kappa shape index (κ2) is 7.29. The van der Waals surface area contributed by atoms with Gasteiger partial charge in [-0.3, -0.25) is 4.79 Å². The summed E-state index contributed by atoms with van der Waals surface area (Å²) in [4.78, 5) is 14.2. The van der Waals surface area contributed by atoms with Crippen molar-refractivity contribution >= 4 is 11.7 Å². The number of piperidine rings is 1. The minimum Gasteiger partial charge on any atom is -0.465 e. The van der Waals surface area contributed by atoms with E-state index in [0.717, 1.165) is 18.5 Å². The van der Waals surface area contributed by atoms with Crippen molar-refractivity contribution in [2.45, 2.75) is 38.1 Å². The standard InChI is InChI=1S/C16H24N2O2/c1-18-10-5-4-7-14(18)9-11-20-16(19)12-13-6-2-3-8-15(13)17/h2-3,6,8,14H,4-5,7,9-12,17H2,1H3. The second-order valence-corrected chi connectivity index (χ2v) is 5.51. The van der Waals surface area contributed by atoms with Gasteiger partial charge in [0.25, 0.3) is 0 Å². The third-order valence-corrected chi connectivity index (χ3v) is 4.03. The van der Waals surface area contributed by atoms with Crippen LogP contribution in [0.5, 0.6) is 0 Å². The molecule has 0 aliphatic carbocycles. The smallest absolute Gasteiger partial charge is 0.310 e. The molecule has 0 amide bonds. The summed E-state index contributed by atoms with van der Waals surface area (Å²) in [7, 11) is 2.15. The summed E-state index contributed by atoms with van der Waals surface area (Å²) in [6.45, 7) is 1.65. The number of carbonyl (C=O) groups excluding carboxylic acids is 1. The number of hydrogen-bond donors (Lipinski definition) is 1. The molecule has 1 saturated heterocycles. The van der Waals surface area contributed by atoms with Crippen LogP contribution in [0.4, 0.5) is 5.69 Å². The highest BCUT2D eigenvalue weighted by molar-refractivity contribution is 5.74. The quantitative estimate of drug-likeness (QED) is 0.662. The Labute approximate surface area is 120 Å². The van der Waals surface area contributed by atoms with E-state index < -0.39 is 0 Å². The van der Waals surface area contributed by atoms with Gasteiger partial charge in [-0.2, -0.15) is 0 Å². The van der Waals surface area contributed by atoms with Crippen LogP contribution >= 0.6 is 0 Å². The molecule has 0 spiro atoms. The van der Waals surface area contributed by atoms with Crippen molar-refractivity contribution in [1.82, 2.24) is 4.90 Å². The van der Waals surface area contributed by atoms with Crippen LogP contribution in [0.2, 0.25) is 0 Å². The first-order valence-electron chi connectivity index (χ1n) is 7.36. The van der Waals surface area contributed by atoms with Crippen LogP contribution < -0.4 is 5.73 Å². The van der Waals surface area contributed by atoms with Gasteiger partial charge in [0.1, 0.15) is 0 Å². The molecule has 0 aromatic heterocycles. The zero-order valence-electron chi connectivity index (χ0n) is 12.2. The summed E-state index contributed by atoms with van der Waals surface area (Å²) >= 11 is 0. The Kier molecular flexibility index (Phi) is 5.41. The zero-order valence-corrected chi connectivity index (χ0v) is 12.2. The van der Waals surface area contributed by atoms with Crippen molar-refractivity contribution in [1.29, 1.82) is 0 Å². The summed E-state index contributed by atoms with van der Waals surface area (Å²) in [5.74, 6) is -0.193. The fourth-order valence-electron chi connectivity index (χ4n) is 2.72. The van der Waals surface area contributed by atoms with Crippen LogP contribution in [0.15, 0.2) is 24.3 Å². The lowest BCUT2D eigenvalue weighted by atomic mass is 10.0. The first kappa shape index (κ1) is 14.9. The highest BCUT2D eigenvalue weighted by Gasteiger charge is 2.19. The normalized spacial score (nSPS) is 19.8. The van der Waals surface area contributed by atoms with Crippen LogP contribution in [-0.4, -0.2) is 37.1 Å². The Morgan fingerprint density at radius 2 is 2.20 bits per heavy atom. The molecule has 1 aliphatic heterocycles. The van der Waals surface area contributed by atoms with E-state index >= 15 is 0 Å². The number of nitrogens with zero attached hydrogens (tertiary/aromatic N) is 1. The van der Waals surface area contributed by atoms with Crippen molar-refractivity contribution in [3.63, 3.8) is 0 Å². The Bertz CT molecular complexity index is 448. The van der Waals surface area contributed by atoms with Gasteiger partial charge in [-0.1, -0.05) is 24.6 Å². The lowest BCUT2D eigenvalue weighted by Gasteiger charge is -2.32. The maximum absolute atomic E-state index is 11.8. The van der Waals surface area contributed by atoms with E-state index in [2.05, 4.69) is 11.9 Å². The van der Waals surface area contributed by atoms with E-state index in [1.807, 2.05) is 18.2 Å². The third-order valence-electron chi connectivity index (χ3n) is 4.03. The number of benzene rings is 1. The molecule has 1 aromatic carbocycles. The van der Waals surface area contributed by atoms with Crippen molar-refractivity contribution in [3.05, 3.63) is 29.8 Å². The summed E-state index contributed by atoms with van der Waals surface area (Å²) in [5.41, 5.74) is 7.31. The lowest BCUT2D eigenvalue weighted by molar-refractivity contribution is -0.143. The van der Waals surface area contributed by atoms with Gasteiger partial charge in [0.05, 0.1) is 13.0 Å². The fourth-order valence-corrected chi connectivity index (χ4v) is 2.72. The maximum atomic E-state index is 11.8. The highest BCUT2D eigenvalue weighted by Crippen LogP contribution is 2.18. The number of nitrogen functional groups attached to an aromatic ring is 1. The molecule has 1 unspecified atom stereocenters. The summed E-state index contributed by atoms with van der Waals surface area (Å²) in [6.07, 6.45) is 4.95. The van der Waals surface area contributed by atoms with Crippen molar-refractivity contribution in [2.75, 3.05) is 25.9 Å². The first-order valence-corrected chi connectivity index (χ1v) is 7.36. The highest BCUT2D eigenvalue weighted by atomic mass is 16.5. The van der Waals surface area contributed by atoms with Crippen LogP contribution in [0, 0.1) is 0 Å². The SMILES string of the molecule is CN1CCCCC1CCOC(=O)Cc1ccccc1N. The van der Waals surface area contributed by atoms with E-state index in [-0.39, 0.29) is 12.4 Å². The molecular weight excluding hydrogens is 252 g/mol. The molecule has 1 heterocycles. The molecule has 0 bridgehead atoms. The molecule has 2 N–H and O–H groups in total. The third kappa shape index (κ3) is 4.23. The van der Waals surface area contributed by atoms with Crippen molar-refractivity contribution in [2.24, 2.45) is 0 Å². The second-order valence-electron chi connectivity index (χ2n) is 5.51. The van der Waals surface area contributed by atoms with Crippen molar-refractivity contribution < 1.29 is 9.53 Å². The average Bonchev–Trinajstić information content (AvgIpc) is 2.43. The summed E-state index contributed by atoms with van der Waals surface area (Å²) in [6, 6.07) is 7.97. The van der Waals surface area contributed by atoms with Gasteiger partial charge in [-0.15, -0.1) is 0 Å². The molecule has 1 aromatic rings. The van der Waals surface area contributed by atoms with E-state index in [4.69, 9.17) is 10.5 Å². The number of para-hydroxylation sites is 1. The molecular formula is C16H24N2O2. The van der Waals surface area contributed by atoms with Crippen LogP contribution in [0.25, 0.3) is 0 Å². The Hall–Kier alpha value is -1.55. The Morgan fingerprint density at radius 1 is 1.40 bits per heavy atom. The van der Waals surface area contributed by atoms with Crippen LogP contribution in [0.1, 0.15) is 31.2 Å². The van der Waals surface area contributed by atoms with Crippen LogP contribution in [-0.2, 0) is 16.0 Å². The molecule has 1 atom stereocenters. The number of hydrogen-bond acceptors (Lipinski definition) is 4. The predicted octanol–water partition coefficient (Wildman–Crippen LogP) is 2.23. The molecule has 0 radical (unpaired) electrons. The molecule has 20 heavy (non-hydrogen) atoms. The minimum absolute atomic E-state index is 0.193. The van der Waals surface area contributed by atoms with E-state index in [1.165, 1.54) is 19.3 Å². The number of nitrogens with two attached hydrogens (primary N) is 1. The summed E-state index contributed by atoms with van der Waals surface area (Å²) < 4.78 is 5.33. The number of likely N-dealkylation sites (tertiary alicyclic amines) is 1. The Morgan fingerprint density at radius 3 is 2.95 bits per heavy atom. The molecule has 1 aliphatic rings. The van der Waals surface area contributed by atoms with Gasteiger partial charge in [-0.25, -0.2) is 0 Å². The molecule has 4 heteroatoms. The molecule has 110 valence electrons. The number of ether oxygens (including phenoxy) is 1. The minimum atomic E-state index is -0.193. The Balaban J connectivity index is 1.71. The van der Waals surface area contributed by atoms with Crippen LogP contribution in [0.3, 0.4) is 0 Å². The van der Waals surface area contributed by atoms with Gasteiger partial charge in [0.15, 0.2) is 0 Å². The molecule has 2 rings (SSSR count). The maximum Gasteiger partial charge on any atom is 0.310 e. The number of rotatable bonds is 5. The van der Waals surface area contributed by atoms with Gasteiger partial charge in [-0.05, 0) is 44.5 Å². The van der Waals surface area contributed by atoms with Gasteiger partial charge >= 0.3 is 5.97 Å². The monoisotopic (exact) mass is 276 g/mol.